The molecule has 26 heavy (non-hydrogen) atoms. The maximum Gasteiger partial charge on any atom is 0.229 e. The maximum absolute atomic E-state index is 10.1. The highest BCUT2D eigenvalue weighted by Gasteiger charge is 2.45. The molecule has 1 aliphatic heterocycles. The van der Waals surface area contributed by atoms with Crippen LogP contribution in [0.3, 0.4) is 0 Å². The van der Waals surface area contributed by atoms with Crippen LogP contribution < -0.4 is 9.47 Å². The van der Waals surface area contributed by atoms with E-state index >= 15 is 0 Å². The topological polar surface area (TPSA) is 149 Å². The number of rotatable bonds is 7. The van der Waals surface area contributed by atoms with E-state index in [1.807, 2.05) is 0 Å². The van der Waals surface area contributed by atoms with Crippen molar-refractivity contribution in [2.75, 3.05) is 20.3 Å². The minimum atomic E-state index is -1.59. The second kappa shape index (κ2) is 9.28. The summed E-state index contributed by atoms with van der Waals surface area (Å²) in [6, 6.07) is 3.18. The molecule has 0 aliphatic carbocycles. The quantitative estimate of drug-likeness (QED) is 0.332. The molecule has 9 heteroatoms. The van der Waals surface area contributed by atoms with Crippen molar-refractivity contribution in [3.8, 4) is 11.5 Å². The molecule has 1 aromatic carbocycles. The van der Waals surface area contributed by atoms with E-state index < -0.39 is 43.9 Å². The first-order chi connectivity index (χ1) is 12.5. The lowest BCUT2D eigenvalue weighted by atomic mass is 9.99. The predicted molar refractivity (Wildman–Crippen MR) is 89.4 cm³/mol. The molecule has 0 aromatic heterocycles. The zero-order valence-electron chi connectivity index (χ0n) is 14.2. The summed E-state index contributed by atoms with van der Waals surface area (Å²) in [5, 5.41) is 57.5. The SMILES string of the molecule is COc1cc(/C=C/CO)cc(CO)c1O[C@@H]1O[C@H](CO)[C@@H](O)[C@H](O)[C@H]1O. The Labute approximate surface area is 150 Å². The Kier molecular flexibility index (Phi) is 7.35. The van der Waals surface area contributed by atoms with Crippen molar-refractivity contribution in [3.05, 3.63) is 29.3 Å². The molecule has 0 bridgehead atoms. The van der Waals surface area contributed by atoms with E-state index in [4.69, 9.17) is 19.3 Å². The smallest absolute Gasteiger partial charge is 0.229 e. The Balaban J connectivity index is 2.33. The van der Waals surface area contributed by atoms with Gasteiger partial charge < -0.3 is 44.8 Å². The molecule has 0 radical (unpaired) electrons. The number of hydrogen-bond donors (Lipinski definition) is 6. The summed E-state index contributed by atoms with van der Waals surface area (Å²) >= 11 is 0. The van der Waals surface area contributed by atoms with Crippen molar-refractivity contribution in [1.29, 1.82) is 0 Å². The zero-order valence-corrected chi connectivity index (χ0v) is 14.2. The molecule has 0 amide bonds. The second-order valence-electron chi connectivity index (χ2n) is 5.77. The van der Waals surface area contributed by atoms with Gasteiger partial charge in [0.2, 0.25) is 6.29 Å². The fourth-order valence-corrected chi connectivity index (χ4v) is 2.65. The van der Waals surface area contributed by atoms with E-state index in [1.54, 1.807) is 18.2 Å². The summed E-state index contributed by atoms with van der Waals surface area (Å²) in [7, 11) is 1.39. The number of ether oxygens (including phenoxy) is 3. The number of aliphatic hydroxyl groups excluding tert-OH is 6. The maximum atomic E-state index is 10.1. The van der Waals surface area contributed by atoms with Crippen LogP contribution in [0.5, 0.6) is 11.5 Å². The number of benzene rings is 1. The average molecular weight is 372 g/mol. The van der Waals surface area contributed by atoms with E-state index in [1.165, 1.54) is 13.2 Å². The highest BCUT2D eigenvalue weighted by atomic mass is 16.7. The summed E-state index contributed by atoms with van der Waals surface area (Å²) in [6.07, 6.45) is -4.05. The average Bonchev–Trinajstić information content (AvgIpc) is 2.66. The molecule has 2 rings (SSSR count). The van der Waals surface area contributed by atoms with Crippen LogP contribution in [0.25, 0.3) is 6.08 Å². The van der Waals surface area contributed by atoms with E-state index in [-0.39, 0.29) is 18.1 Å². The normalized spacial score (nSPS) is 29.1. The van der Waals surface area contributed by atoms with Gasteiger partial charge in [-0.05, 0) is 17.7 Å². The summed E-state index contributed by atoms with van der Waals surface area (Å²) in [4.78, 5) is 0. The van der Waals surface area contributed by atoms with Crippen molar-refractivity contribution in [1.82, 2.24) is 0 Å². The molecule has 9 nitrogen and oxygen atoms in total. The first kappa shape index (κ1) is 20.6. The Morgan fingerprint density at radius 1 is 1.08 bits per heavy atom. The van der Waals surface area contributed by atoms with Crippen molar-refractivity contribution in [2.45, 2.75) is 37.3 Å². The van der Waals surface area contributed by atoms with Gasteiger partial charge in [-0.2, -0.15) is 0 Å². The van der Waals surface area contributed by atoms with Gasteiger partial charge in [-0.15, -0.1) is 0 Å². The van der Waals surface area contributed by atoms with Gasteiger partial charge in [-0.25, -0.2) is 0 Å². The van der Waals surface area contributed by atoms with Gasteiger partial charge in [0.25, 0.3) is 0 Å². The van der Waals surface area contributed by atoms with Gasteiger partial charge in [0.15, 0.2) is 11.5 Å². The molecule has 1 saturated heterocycles. The molecule has 0 unspecified atom stereocenters. The molecule has 1 aliphatic rings. The van der Waals surface area contributed by atoms with Gasteiger partial charge in [0.1, 0.15) is 24.4 Å². The number of aliphatic hydroxyl groups is 6. The third-order valence-electron chi connectivity index (χ3n) is 4.04. The standard InChI is InChI=1S/C17H24O9/c1-24-11-6-9(3-2-4-18)5-10(7-19)16(11)26-17-15(23)14(22)13(21)12(8-20)25-17/h2-3,5-6,12-15,17-23H,4,7-8H2,1H3/b3-2+/t12-,13-,14+,15-,17+/m1/s1. The monoisotopic (exact) mass is 372 g/mol. The fraction of sp³-hybridized carbons (Fsp3) is 0.529. The molecule has 1 aromatic rings. The molecule has 6 N–H and O–H groups in total. The molecule has 0 spiro atoms. The van der Waals surface area contributed by atoms with E-state index in [2.05, 4.69) is 0 Å². The van der Waals surface area contributed by atoms with E-state index in [9.17, 15) is 25.5 Å². The lowest BCUT2D eigenvalue weighted by molar-refractivity contribution is -0.277. The predicted octanol–water partition coefficient (Wildman–Crippen LogP) is -1.63. The second-order valence-corrected chi connectivity index (χ2v) is 5.77. The summed E-state index contributed by atoms with van der Waals surface area (Å²) in [5.74, 6) is 0.312. The summed E-state index contributed by atoms with van der Waals surface area (Å²) < 4.78 is 16.2. The highest BCUT2D eigenvalue weighted by molar-refractivity contribution is 5.59. The molecular formula is C17H24O9. The minimum absolute atomic E-state index is 0.0838. The van der Waals surface area contributed by atoms with Gasteiger partial charge in [0.05, 0.1) is 26.9 Å². The number of methoxy groups -OCH3 is 1. The minimum Gasteiger partial charge on any atom is -0.493 e. The van der Waals surface area contributed by atoms with Crippen LogP contribution in [-0.4, -0.2) is 81.7 Å². The van der Waals surface area contributed by atoms with Crippen molar-refractivity contribution in [2.24, 2.45) is 0 Å². The summed E-state index contributed by atoms with van der Waals surface area (Å²) in [5.41, 5.74) is 0.958. The van der Waals surface area contributed by atoms with Gasteiger partial charge >= 0.3 is 0 Å². The van der Waals surface area contributed by atoms with Crippen molar-refractivity contribution in [3.63, 3.8) is 0 Å². The fourth-order valence-electron chi connectivity index (χ4n) is 2.65. The Hall–Kier alpha value is -1.72. The van der Waals surface area contributed by atoms with Crippen LogP contribution in [0, 0.1) is 0 Å². The van der Waals surface area contributed by atoms with Crippen molar-refractivity contribution >= 4 is 6.08 Å². The third kappa shape index (κ3) is 4.33. The van der Waals surface area contributed by atoms with E-state index in [0.717, 1.165) is 0 Å². The van der Waals surface area contributed by atoms with Crippen LogP contribution in [-0.2, 0) is 11.3 Å². The summed E-state index contributed by atoms with van der Waals surface area (Å²) in [6.45, 7) is -1.15. The third-order valence-corrected chi connectivity index (χ3v) is 4.04. The first-order valence-corrected chi connectivity index (χ1v) is 8.03. The Morgan fingerprint density at radius 3 is 2.38 bits per heavy atom. The lowest BCUT2D eigenvalue weighted by Gasteiger charge is -2.39. The Bertz CT molecular complexity index is 591. The number of hydrogen-bond acceptors (Lipinski definition) is 9. The largest absolute Gasteiger partial charge is 0.493 e. The van der Waals surface area contributed by atoms with Crippen LogP contribution in [0.4, 0.5) is 0 Å². The molecule has 1 fully saturated rings. The lowest BCUT2D eigenvalue weighted by Crippen LogP contribution is -2.60. The molecule has 146 valence electrons. The highest BCUT2D eigenvalue weighted by Crippen LogP contribution is 2.36. The van der Waals surface area contributed by atoms with Gasteiger partial charge in [0, 0.05) is 5.56 Å². The van der Waals surface area contributed by atoms with Crippen LogP contribution in [0.2, 0.25) is 0 Å². The van der Waals surface area contributed by atoms with Crippen molar-refractivity contribution < 1.29 is 44.8 Å². The molecular weight excluding hydrogens is 348 g/mol. The van der Waals surface area contributed by atoms with Crippen LogP contribution in [0.15, 0.2) is 18.2 Å². The molecule has 5 atom stereocenters. The van der Waals surface area contributed by atoms with Crippen LogP contribution >= 0.6 is 0 Å². The zero-order chi connectivity index (χ0) is 19.3. The van der Waals surface area contributed by atoms with Crippen LogP contribution in [0.1, 0.15) is 11.1 Å². The molecule has 1 heterocycles. The van der Waals surface area contributed by atoms with E-state index in [0.29, 0.717) is 11.1 Å². The first-order valence-electron chi connectivity index (χ1n) is 8.03. The van der Waals surface area contributed by atoms with Gasteiger partial charge in [-0.1, -0.05) is 12.2 Å². The van der Waals surface area contributed by atoms with Gasteiger partial charge in [-0.3, -0.25) is 0 Å². The Morgan fingerprint density at radius 2 is 1.81 bits per heavy atom. The molecule has 0 saturated carbocycles.